The van der Waals surface area contributed by atoms with Crippen molar-refractivity contribution < 1.29 is 14.4 Å². The fourth-order valence-electron chi connectivity index (χ4n) is 2.11. The number of nitrogens with one attached hydrogen (secondary N) is 1. The molecule has 1 N–H and O–H groups in total. The van der Waals surface area contributed by atoms with Gasteiger partial charge in [0, 0.05) is 47.0 Å². The number of nitro benzene ring substituents is 1. The minimum atomic E-state index is -0.371. The third kappa shape index (κ3) is 5.30. The second-order valence-electron chi connectivity index (χ2n) is 4.58. The lowest BCUT2D eigenvalue weighted by Gasteiger charge is -2.22. The summed E-state index contributed by atoms with van der Waals surface area (Å²) in [6.45, 7) is 3.29. The second-order valence-corrected chi connectivity index (χ2v) is 4.58. The van der Waals surface area contributed by atoms with E-state index in [0.29, 0.717) is 25.4 Å². The number of hydrogen-bond acceptors (Lipinski definition) is 6. The Hall–Kier alpha value is -1.70. The Balaban J connectivity index is 2.91. The van der Waals surface area contributed by atoms with Crippen LogP contribution in [0.4, 0.5) is 11.4 Å². The van der Waals surface area contributed by atoms with Crippen LogP contribution < -0.4 is 5.32 Å². The van der Waals surface area contributed by atoms with Crippen LogP contribution in [-0.4, -0.2) is 57.4 Å². The molecule has 1 aromatic rings. The Morgan fingerprint density at radius 1 is 1.24 bits per heavy atom. The summed E-state index contributed by atoms with van der Waals surface area (Å²) in [6, 6.07) is 5.11. The van der Waals surface area contributed by atoms with Crippen molar-refractivity contribution in [3.63, 3.8) is 0 Å². The molecular weight excluding hydrogens is 274 g/mol. The zero-order valence-corrected chi connectivity index (χ0v) is 12.8. The zero-order chi connectivity index (χ0) is 15.7. The van der Waals surface area contributed by atoms with Gasteiger partial charge in [-0.15, -0.1) is 0 Å². The number of ether oxygens (including phenoxy) is 2. The predicted octanol–water partition coefficient (Wildman–Crippen LogP) is 1.73. The summed E-state index contributed by atoms with van der Waals surface area (Å²) in [6.07, 6.45) is 0. The van der Waals surface area contributed by atoms with Crippen molar-refractivity contribution in [3.05, 3.63) is 33.9 Å². The Morgan fingerprint density at radius 2 is 1.86 bits per heavy atom. The lowest BCUT2D eigenvalue weighted by atomic mass is 10.1. The highest BCUT2D eigenvalue weighted by molar-refractivity contribution is 5.66. The average molecular weight is 297 g/mol. The molecule has 1 aromatic carbocycles. The van der Waals surface area contributed by atoms with Gasteiger partial charge in [0.15, 0.2) is 0 Å². The summed E-state index contributed by atoms with van der Waals surface area (Å²) in [5.74, 6) is 0. The molecule has 0 fully saturated rings. The molecule has 0 unspecified atom stereocenters. The number of methoxy groups -OCH3 is 2. The molecule has 0 amide bonds. The van der Waals surface area contributed by atoms with Crippen LogP contribution >= 0.6 is 0 Å². The standard InChI is InChI=1S/C14H23N3O4/c1-15-14-12(5-4-6-13(14)17(18)19)11-16(7-9-20-2)8-10-21-3/h4-6,15H,7-11H2,1-3H3. The van der Waals surface area contributed by atoms with Crippen LogP contribution in [0, 0.1) is 10.1 Å². The van der Waals surface area contributed by atoms with Gasteiger partial charge in [-0.3, -0.25) is 15.0 Å². The number of rotatable bonds is 10. The number of nitro groups is 1. The van der Waals surface area contributed by atoms with Gasteiger partial charge in [0.2, 0.25) is 0 Å². The molecule has 0 spiro atoms. The second kappa shape index (κ2) is 9.28. The van der Waals surface area contributed by atoms with E-state index >= 15 is 0 Å². The van der Waals surface area contributed by atoms with Gasteiger partial charge in [0.05, 0.1) is 18.1 Å². The number of anilines is 1. The molecule has 0 atom stereocenters. The van der Waals surface area contributed by atoms with Crippen LogP contribution in [0.15, 0.2) is 18.2 Å². The third-order valence-electron chi connectivity index (χ3n) is 3.19. The molecule has 0 aromatic heterocycles. The Bertz CT molecular complexity index is 446. The molecule has 1 rings (SSSR count). The van der Waals surface area contributed by atoms with E-state index in [9.17, 15) is 10.1 Å². The van der Waals surface area contributed by atoms with Gasteiger partial charge in [0.1, 0.15) is 5.69 Å². The number of hydrogen-bond donors (Lipinski definition) is 1. The van der Waals surface area contributed by atoms with Gasteiger partial charge in [-0.05, 0) is 5.56 Å². The van der Waals surface area contributed by atoms with Crippen molar-refractivity contribution in [1.29, 1.82) is 0 Å². The van der Waals surface area contributed by atoms with Crippen LogP contribution in [0.25, 0.3) is 0 Å². The molecule has 7 heteroatoms. The first kappa shape index (κ1) is 17.4. The van der Waals surface area contributed by atoms with E-state index in [1.807, 2.05) is 6.07 Å². The predicted molar refractivity (Wildman–Crippen MR) is 81.7 cm³/mol. The lowest BCUT2D eigenvalue weighted by Crippen LogP contribution is -2.30. The zero-order valence-electron chi connectivity index (χ0n) is 12.8. The number of benzene rings is 1. The van der Waals surface area contributed by atoms with E-state index in [0.717, 1.165) is 18.7 Å². The molecule has 0 aliphatic heterocycles. The summed E-state index contributed by atoms with van der Waals surface area (Å²) in [5, 5.41) is 14.0. The monoisotopic (exact) mass is 297 g/mol. The van der Waals surface area contributed by atoms with Gasteiger partial charge in [-0.25, -0.2) is 0 Å². The molecule has 118 valence electrons. The van der Waals surface area contributed by atoms with Crippen molar-refractivity contribution in [2.75, 3.05) is 52.9 Å². The first-order valence-electron chi connectivity index (χ1n) is 6.78. The Labute approximate surface area is 125 Å². The van der Waals surface area contributed by atoms with Gasteiger partial charge in [-0.1, -0.05) is 12.1 Å². The Morgan fingerprint density at radius 3 is 2.33 bits per heavy atom. The van der Waals surface area contributed by atoms with E-state index in [4.69, 9.17) is 9.47 Å². The van der Waals surface area contributed by atoms with Gasteiger partial charge < -0.3 is 14.8 Å². The Kier molecular flexibility index (Phi) is 7.66. The fourth-order valence-corrected chi connectivity index (χ4v) is 2.11. The third-order valence-corrected chi connectivity index (χ3v) is 3.19. The van der Waals surface area contributed by atoms with Crippen molar-refractivity contribution >= 4 is 11.4 Å². The van der Waals surface area contributed by atoms with Crippen LogP contribution in [0.5, 0.6) is 0 Å². The molecule has 0 heterocycles. The highest BCUT2D eigenvalue weighted by Crippen LogP contribution is 2.28. The summed E-state index contributed by atoms with van der Waals surface area (Å²) in [4.78, 5) is 12.8. The van der Waals surface area contributed by atoms with Crippen molar-refractivity contribution in [2.45, 2.75) is 6.54 Å². The maximum Gasteiger partial charge on any atom is 0.292 e. The van der Waals surface area contributed by atoms with Gasteiger partial charge >= 0.3 is 0 Å². The minimum Gasteiger partial charge on any atom is -0.383 e. The molecular formula is C14H23N3O4. The van der Waals surface area contributed by atoms with Crippen LogP contribution in [0.1, 0.15) is 5.56 Å². The first-order chi connectivity index (χ1) is 10.1. The van der Waals surface area contributed by atoms with E-state index in [2.05, 4.69) is 10.2 Å². The van der Waals surface area contributed by atoms with Crippen LogP contribution in [0.2, 0.25) is 0 Å². The average Bonchev–Trinajstić information content (AvgIpc) is 2.49. The summed E-state index contributed by atoms with van der Waals surface area (Å²) in [5.41, 5.74) is 1.54. The normalized spacial score (nSPS) is 10.9. The van der Waals surface area contributed by atoms with E-state index in [-0.39, 0.29) is 10.6 Å². The fraction of sp³-hybridized carbons (Fsp3) is 0.571. The molecule has 0 bridgehead atoms. The molecule has 21 heavy (non-hydrogen) atoms. The molecule has 0 aliphatic rings. The molecule has 0 aliphatic carbocycles. The largest absolute Gasteiger partial charge is 0.383 e. The van der Waals surface area contributed by atoms with Crippen molar-refractivity contribution in [1.82, 2.24) is 4.90 Å². The maximum atomic E-state index is 11.1. The first-order valence-corrected chi connectivity index (χ1v) is 6.78. The summed E-state index contributed by atoms with van der Waals surface area (Å²) < 4.78 is 10.2. The highest BCUT2D eigenvalue weighted by atomic mass is 16.6. The SMILES string of the molecule is CNc1c(CN(CCOC)CCOC)cccc1[N+](=O)[O-]. The topological polar surface area (TPSA) is 76.9 Å². The molecule has 0 radical (unpaired) electrons. The maximum absolute atomic E-state index is 11.1. The molecule has 0 saturated carbocycles. The highest BCUT2D eigenvalue weighted by Gasteiger charge is 2.17. The van der Waals surface area contributed by atoms with E-state index < -0.39 is 0 Å². The summed E-state index contributed by atoms with van der Waals surface area (Å²) >= 11 is 0. The number of nitrogens with zero attached hydrogens (tertiary/aromatic N) is 2. The van der Waals surface area contributed by atoms with Crippen molar-refractivity contribution in [3.8, 4) is 0 Å². The van der Waals surface area contributed by atoms with E-state index in [1.54, 1.807) is 27.3 Å². The number of para-hydroxylation sites is 1. The minimum absolute atomic E-state index is 0.0911. The molecule has 7 nitrogen and oxygen atoms in total. The quantitative estimate of drug-likeness (QED) is 0.523. The lowest BCUT2D eigenvalue weighted by molar-refractivity contribution is -0.384. The van der Waals surface area contributed by atoms with Crippen molar-refractivity contribution in [2.24, 2.45) is 0 Å². The van der Waals surface area contributed by atoms with Gasteiger partial charge in [-0.2, -0.15) is 0 Å². The van der Waals surface area contributed by atoms with Gasteiger partial charge in [0.25, 0.3) is 5.69 Å². The summed E-state index contributed by atoms with van der Waals surface area (Å²) in [7, 11) is 5.00. The molecule has 0 saturated heterocycles. The van der Waals surface area contributed by atoms with E-state index in [1.165, 1.54) is 6.07 Å². The van der Waals surface area contributed by atoms with Crippen LogP contribution in [0.3, 0.4) is 0 Å². The smallest absolute Gasteiger partial charge is 0.292 e. The van der Waals surface area contributed by atoms with Crippen LogP contribution in [-0.2, 0) is 16.0 Å².